The fourth-order valence-corrected chi connectivity index (χ4v) is 1.80. The molecule has 2 aromatic rings. The highest BCUT2D eigenvalue weighted by molar-refractivity contribution is 5.77. The highest BCUT2D eigenvalue weighted by atomic mass is 15.2. The van der Waals surface area contributed by atoms with Gasteiger partial charge in [-0.25, -0.2) is 4.98 Å². The molecule has 5 nitrogen and oxygen atoms in total. The number of hydrogen-bond acceptors (Lipinski definition) is 5. The Bertz CT molecular complexity index is 694. The number of nitrogens with zero attached hydrogens (tertiary/aromatic N) is 4. The van der Waals surface area contributed by atoms with Gasteiger partial charge in [0.1, 0.15) is 12.1 Å². The van der Waals surface area contributed by atoms with Crippen molar-refractivity contribution in [3.63, 3.8) is 0 Å². The third-order valence-corrected chi connectivity index (χ3v) is 2.79. The fraction of sp³-hybridized carbons (Fsp3) is 0.0714. The van der Waals surface area contributed by atoms with E-state index in [4.69, 9.17) is 16.3 Å². The maximum Gasteiger partial charge on any atom is 0.157 e. The van der Waals surface area contributed by atoms with Crippen LogP contribution in [-0.2, 0) is 0 Å². The van der Waals surface area contributed by atoms with Crippen LogP contribution >= 0.6 is 0 Å². The van der Waals surface area contributed by atoms with E-state index in [1.165, 1.54) is 6.20 Å². The summed E-state index contributed by atoms with van der Waals surface area (Å²) in [5.74, 6) is 0.460. The van der Waals surface area contributed by atoms with Gasteiger partial charge in [-0.1, -0.05) is 12.1 Å². The fourth-order valence-electron chi connectivity index (χ4n) is 1.80. The zero-order valence-corrected chi connectivity index (χ0v) is 10.3. The first kappa shape index (κ1) is 12.4. The maximum atomic E-state index is 9.10. The number of anilines is 3. The summed E-state index contributed by atoms with van der Waals surface area (Å²) in [6.45, 7) is 0. The largest absolute Gasteiger partial charge is 0.395 e. The van der Waals surface area contributed by atoms with Gasteiger partial charge in [-0.2, -0.15) is 10.5 Å². The molecule has 0 radical (unpaired) electrons. The van der Waals surface area contributed by atoms with Gasteiger partial charge in [0, 0.05) is 13.2 Å². The molecule has 1 aromatic carbocycles. The molecule has 0 atom stereocenters. The second-order valence-electron chi connectivity index (χ2n) is 3.90. The summed E-state index contributed by atoms with van der Waals surface area (Å²) in [5.41, 5.74) is 7.80. The lowest BCUT2D eigenvalue weighted by Gasteiger charge is -2.21. The van der Waals surface area contributed by atoms with Crippen molar-refractivity contribution in [2.45, 2.75) is 0 Å². The molecule has 92 valence electrons. The van der Waals surface area contributed by atoms with E-state index in [0.29, 0.717) is 28.3 Å². The summed E-state index contributed by atoms with van der Waals surface area (Å²) in [7, 11) is 1.76. The average molecular weight is 249 g/mol. The molecule has 0 unspecified atom stereocenters. The Hall–Kier alpha value is -3.05. The molecule has 0 amide bonds. The number of para-hydroxylation sites is 1. The van der Waals surface area contributed by atoms with Crippen molar-refractivity contribution in [1.82, 2.24) is 4.98 Å². The van der Waals surface area contributed by atoms with Crippen LogP contribution in [0.15, 0.2) is 36.5 Å². The molecule has 0 aliphatic rings. The minimum absolute atomic E-state index is 0.306. The number of pyridine rings is 1. The normalized spacial score (nSPS) is 9.42. The molecule has 5 heteroatoms. The molecule has 0 aliphatic heterocycles. The summed E-state index contributed by atoms with van der Waals surface area (Å²) >= 11 is 0. The van der Waals surface area contributed by atoms with E-state index >= 15 is 0 Å². The molecule has 19 heavy (non-hydrogen) atoms. The molecule has 0 saturated carbocycles. The Kier molecular flexibility index (Phi) is 3.31. The summed E-state index contributed by atoms with van der Waals surface area (Å²) < 4.78 is 0. The first-order valence-corrected chi connectivity index (χ1v) is 5.56. The first-order chi connectivity index (χ1) is 9.19. The second kappa shape index (κ2) is 5.07. The minimum Gasteiger partial charge on any atom is -0.395 e. The van der Waals surface area contributed by atoms with Crippen LogP contribution in [0, 0.1) is 22.7 Å². The number of nitrogen functional groups attached to an aromatic ring is 1. The number of rotatable bonds is 2. The summed E-state index contributed by atoms with van der Waals surface area (Å²) in [5, 5.41) is 18.1. The van der Waals surface area contributed by atoms with E-state index in [-0.39, 0.29) is 0 Å². The first-order valence-electron chi connectivity index (χ1n) is 5.56. The van der Waals surface area contributed by atoms with Crippen LogP contribution < -0.4 is 10.6 Å². The number of benzene rings is 1. The van der Waals surface area contributed by atoms with Crippen molar-refractivity contribution in [3.05, 3.63) is 47.7 Å². The third-order valence-electron chi connectivity index (χ3n) is 2.79. The number of aromatic nitrogens is 1. The van der Waals surface area contributed by atoms with Crippen LogP contribution in [0.4, 0.5) is 17.2 Å². The summed E-state index contributed by atoms with van der Waals surface area (Å²) in [4.78, 5) is 5.88. The van der Waals surface area contributed by atoms with Gasteiger partial charge in [0.2, 0.25) is 0 Å². The van der Waals surface area contributed by atoms with Gasteiger partial charge in [-0.15, -0.1) is 0 Å². The minimum atomic E-state index is 0.306. The molecule has 2 rings (SSSR count). The van der Waals surface area contributed by atoms with Gasteiger partial charge < -0.3 is 10.6 Å². The van der Waals surface area contributed by atoms with Gasteiger partial charge in [-0.3, -0.25) is 0 Å². The van der Waals surface area contributed by atoms with E-state index in [0.717, 1.165) is 0 Å². The van der Waals surface area contributed by atoms with Crippen LogP contribution in [-0.4, -0.2) is 12.0 Å². The standard InChI is InChI=1S/C14H11N5/c1-19(12-5-3-2-4-10(12)8-15)14-13(17)11(9-16)6-7-18-14/h2-7H,17H2,1H3. The number of nitrogens with two attached hydrogens (primary N) is 1. The predicted molar refractivity (Wildman–Crippen MR) is 72.6 cm³/mol. The van der Waals surface area contributed by atoms with E-state index in [1.54, 1.807) is 36.2 Å². The van der Waals surface area contributed by atoms with Crippen molar-refractivity contribution in [1.29, 1.82) is 10.5 Å². The predicted octanol–water partition coefficient (Wildman–Crippen LogP) is 2.18. The van der Waals surface area contributed by atoms with E-state index in [1.807, 2.05) is 12.1 Å². The number of nitriles is 2. The Morgan fingerprint density at radius 3 is 2.47 bits per heavy atom. The van der Waals surface area contributed by atoms with E-state index < -0.39 is 0 Å². The van der Waals surface area contributed by atoms with Crippen LogP contribution in [0.2, 0.25) is 0 Å². The molecular weight excluding hydrogens is 238 g/mol. The van der Waals surface area contributed by atoms with Gasteiger partial charge in [-0.05, 0) is 18.2 Å². The van der Waals surface area contributed by atoms with Gasteiger partial charge >= 0.3 is 0 Å². The zero-order chi connectivity index (χ0) is 13.8. The van der Waals surface area contributed by atoms with Crippen molar-refractivity contribution < 1.29 is 0 Å². The molecule has 0 fully saturated rings. The van der Waals surface area contributed by atoms with Crippen molar-refractivity contribution in [2.75, 3.05) is 17.7 Å². The third kappa shape index (κ3) is 2.18. The molecule has 0 spiro atoms. The topological polar surface area (TPSA) is 89.7 Å². The molecule has 0 bridgehead atoms. The van der Waals surface area contributed by atoms with Gasteiger partial charge in [0.15, 0.2) is 5.82 Å². The Balaban J connectivity index is 2.55. The van der Waals surface area contributed by atoms with Crippen molar-refractivity contribution in [2.24, 2.45) is 0 Å². The van der Waals surface area contributed by atoms with E-state index in [9.17, 15) is 0 Å². The number of hydrogen-bond donors (Lipinski definition) is 1. The lowest BCUT2D eigenvalue weighted by molar-refractivity contribution is 1.12. The van der Waals surface area contributed by atoms with Crippen molar-refractivity contribution in [3.8, 4) is 12.1 Å². The van der Waals surface area contributed by atoms with Crippen LogP contribution in [0.3, 0.4) is 0 Å². The quantitative estimate of drug-likeness (QED) is 0.880. The highest BCUT2D eigenvalue weighted by Gasteiger charge is 2.14. The van der Waals surface area contributed by atoms with Crippen LogP contribution in [0.25, 0.3) is 0 Å². The smallest absolute Gasteiger partial charge is 0.157 e. The second-order valence-corrected chi connectivity index (χ2v) is 3.90. The molecule has 1 aromatic heterocycles. The molecule has 2 N–H and O–H groups in total. The van der Waals surface area contributed by atoms with Crippen LogP contribution in [0.1, 0.15) is 11.1 Å². The highest BCUT2D eigenvalue weighted by Crippen LogP contribution is 2.30. The van der Waals surface area contributed by atoms with Crippen LogP contribution in [0.5, 0.6) is 0 Å². The average Bonchev–Trinajstić information content (AvgIpc) is 2.46. The molecule has 0 saturated heterocycles. The zero-order valence-electron chi connectivity index (χ0n) is 10.3. The molecule has 1 heterocycles. The lowest BCUT2D eigenvalue weighted by atomic mass is 10.1. The Morgan fingerprint density at radius 2 is 1.79 bits per heavy atom. The van der Waals surface area contributed by atoms with E-state index in [2.05, 4.69) is 11.1 Å². The monoisotopic (exact) mass is 249 g/mol. The SMILES string of the molecule is CN(c1ccccc1C#N)c1nccc(C#N)c1N. The summed E-state index contributed by atoms with van der Waals surface area (Å²) in [6.07, 6.45) is 1.52. The molecular formula is C14H11N5. The Morgan fingerprint density at radius 1 is 1.11 bits per heavy atom. The van der Waals surface area contributed by atoms with Gasteiger partial charge in [0.25, 0.3) is 0 Å². The lowest BCUT2D eigenvalue weighted by Crippen LogP contribution is -2.15. The van der Waals surface area contributed by atoms with Gasteiger partial charge in [0.05, 0.1) is 22.5 Å². The Labute approximate surface area is 111 Å². The van der Waals surface area contributed by atoms with Crippen molar-refractivity contribution >= 4 is 17.2 Å². The maximum absolute atomic E-state index is 9.10. The molecule has 0 aliphatic carbocycles. The summed E-state index contributed by atoms with van der Waals surface area (Å²) in [6, 6.07) is 12.8.